The highest BCUT2D eigenvalue weighted by Gasteiger charge is 2.27. The molecular weight excluding hydrogens is 426 g/mol. The van der Waals surface area contributed by atoms with Crippen molar-refractivity contribution in [3.05, 3.63) is 48.0 Å². The van der Waals surface area contributed by atoms with Gasteiger partial charge in [-0.2, -0.15) is 4.31 Å². The number of benzene rings is 1. The predicted molar refractivity (Wildman–Crippen MR) is 106 cm³/mol. The molecule has 1 aliphatic heterocycles. The second-order valence-electron chi connectivity index (χ2n) is 6.90. The summed E-state index contributed by atoms with van der Waals surface area (Å²) >= 11 is 0. The molecule has 12 heteroatoms. The van der Waals surface area contributed by atoms with Gasteiger partial charge in [-0.15, -0.1) is 5.10 Å². The second kappa shape index (κ2) is 7.80. The summed E-state index contributed by atoms with van der Waals surface area (Å²) in [6.07, 6.45) is 1.54. The van der Waals surface area contributed by atoms with Crippen LogP contribution in [0.3, 0.4) is 0 Å². The Morgan fingerprint density at radius 3 is 2.81 bits per heavy atom. The summed E-state index contributed by atoms with van der Waals surface area (Å²) in [5.74, 6) is 1.44. The maximum Gasteiger partial charge on any atom is 0.263 e. The molecule has 1 fully saturated rings. The van der Waals surface area contributed by atoms with Crippen molar-refractivity contribution in [3.63, 3.8) is 0 Å². The number of furan rings is 1. The average Bonchev–Trinajstić information content (AvgIpc) is 3.52. The van der Waals surface area contributed by atoms with Crippen molar-refractivity contribution in [3.8, 4) is 11.7 Å². The Bertz CT molecular complexity index is 1310. The molecule has 0 spiro atoms. The molecule has 0 unspecified atom stereocenters. The van der Waals surface area contributed by atoms with Crippen LogP contribution in [0.15, 0.2) is 50.3 Å². The van der Waals surface area contributed by atoms with Gasteiger partial charge < -0.3 is 18.4 Å². The third-order valence-corrected chi connectivity index (χ3v) is 6.84. The molecule has 31 heavy (non-hydrogen) atoms. The van der Waals surface area contributed by atoms with Crippen LogP contribution in [-0.2, 0) is 21.4 Å². The summed E-state index contributed by atoms with van der Waals surface area (Å²) in [6, 6.07) is 8.12. The molecule has 1 aliphatic rings. The molecule has 162 valence electrons. The third-order valence-electron chi connectivity index (χ3n) is 4.94. The van der Waals surface area contributed by atoms with Crippen LogP contribution in [0.2, 0.25) is 0 Å². The lowest BCUT2D eigenvalue weighted by molar-refractivity contribution is 0.0722. The summed E-state index contributed by atoms with van der Waals surface area (Å²) < 4.78 is 43.5. The van der Waals surface area contributed by atoms with Crippen LogP contribution in [-0.4, -0.2) is 59.2 Å². The van der Waals surface area contributed by atoms with Crippen LogP contribution in [0.1, 0.15) is 11.5 Å². The lowest BCUT2D eigenvalue weighted by Crippen LogP contribution is -2.40. The number of morpholine rings is 1. The first-order valence-corrected chi connectivity index (χ1v) is 11.0. The number of ether oxygens (including phenoxy) is 1. The molecule has 3 aromatic heterocycles. The van der Waals surface area contributed by atoms with Gasteiger partial charge in [0, 0.05) is 13.1 Å². The number of aryl methyl sites for hydroxylation is 1. The van der Waals surface area contributed by atoms with Crippen molar-refractivity contribution in [1.82, 2.24) is 24.4 Å². The van der Waals surface area contributed by atoms with Crippen molar-refractivity contribution in [2.24, 2.45) is 0 Å². The summed E-state index contributed by atoms with van der Waals surface area (Å²) in [5.41, 5.74) is 1.50. The number of fused-ring (bicyclic) bond motifs is 1. The lowest BCUT2D eigenvalue weighted by Gasteiger charge is -2.26. The largest absolute Gasteiger partial charge is 0.459 e. The zero-order valence-electron chi connectivity index (χ0n) is 16.6. The fraction of sp³-hybridized carbons (Fsp3) is 0.316. The van der Waals surface area contributed by atoms with Gasteiger partial charge in [-0.3, -0.25) is 0 Å². The Morgan fingerprint density at radius 2 is 2.03 bits per heavy atom. The van der Waals surface area contributed by atoms with Crippen LogP contribution < -0.4 is 4.84 Å². The molecule has 0 atom stereocenters. The maximum absolute atomic E-state index is 13.0. The average molecular weight is 445 g/mol. The van der Waals surface area contributed by atoms with E-state index in [1.807, 2.05) is 0 Å². The molecule has 0 amide bonds. The highest BCUT2D eigenvalue weighted by Crippen LogP contribution is 2.23. The molecule has 0 aliphatic carbocycles. The summed E-state index contributed by atoms with van der Waals surface area (Å²) in [6.45, 7) is 3.21. The number of nitrogens with zero attached hydrogens (tertiary/aromatic N) is 5. The number of hydrogen-bond donors (Lipinski definition) is 0. The van der Waals surface area contributed by atoms with E-state index in [1.54, 1.807) is 25.1 Å². The minimum atomic E-state index is -3.65. The fourth-order valence-corrected chi connectivity index (χ4v) is 4.69. The first kappa shape index (κ1) is 19.7. The number of aromatic nitrogens is 4. The van der Waals surface area contributed by atoms with Crippen LogP contribution in [0.25, 0.3) is 22.7 Å². The van der Waals surface area contributed by atoms with Crippen LogP contribution >= 0.6 is 0 Å². The van der Waals surface area contributed by atoms with E-state index in [4.69, 9.17) is 18.4 Å². The fourth-order valence-electron chi connectivity index (χ4n) is 3.26. The van der Waals surface area contributed by atoms with E-state index >= 15 is 0 Å². The molecular formula is C19H19N5O6S. The number of rotatable bonds is 6. The quantitative estimate of drug-likeness (QED) is 0.435. The maximum atomic E-state index is 13.0. The van der Waals surface area contributed by atoms with Crippen LogP contribution in [0.5, 0.6) is 0 Å². The molecule has 4 aromatic rings. The standard InChI is InChI=1S/C19H19N5O6S/c1-13-16(20-19(30-13)18-3-2-8-28-18)12-29-24-17-11-14(4-5-15(17)21-22-24)31(25,26)23-6-9-27-10-7-23/h2-5,8,11H,6-7,9-10,12H2,1H3. The van der Waals surface area contributed by atoms with Crippen LogP contribution in [0.4, 0.5) is 0 Å². The van der Waals surface area contributed by atoms with Gasteiger partial charge in [-0.1, -0.05) is 4.85 Å². The third kappa shape index (κ3) is 3.69. The molecule has 1 saturated heterocycles. The molecule has 5 rings (SSSR count). The highest BCUT2D eigenvalue weighted by atomic mass is 32.2. The molecule has 0 bridgehead atoms. The normalized spacial score (nSPS) is 15.5. The van der Waals surface area contributed by atoms with Gasteiger partial charge in [-0.25, -0.2) is 13.4 Å². The Balaban J connectivity index is 1.39. The van der Waals surface area contributed by atoms with Gasteiger partial charge >= 0.3 is 0 Å². The summed E-state index contributed by atoms with van der Waals surface area (Å²) in [4.78, 5) is 11.5. The van der Waals surface area contributed by atoms with Gasteiger partial charge in [-0.05, 0) is 42.5 Å². The van der Waals surface area contributed by atoms with Gasteiger partial charge in [0.2, 0.25) is 10.0 Å². The smallest absolute Gasteiger partial charge is 0.263 e. The van der Waals surface area contributed by atoms with Gasteiger partial charge in [0.05, 0.1) is 24.4 Å². The number of oxazole rings is 1. The van der Waals surface area contributed by atoms with E-state index in [-0.39, 0.29) is 11.5 Å². The summed E-state index contributed by atoms with van der Waals surface area (Å²) in [7, 11) is -3.65. The first-order chi connectivity index (χ1) is 15.0. The summed E-state index contributed by atoms with van der Waals surface area (Å²) in [5, 5.41) is 8.01. The van der Waals surface area contributed by atoms with Gasteiger partial charge in [0.25, 0.3) is 5.89 Å². The van der Waals surface area contributed by atoms with E-state index in [0.29, 0.717) is 60.4 Å². The number of sulfonamides is 1. The second-order valence-corrected chi connectivity index (χ2v) is 8.84. The SMILES string of the molecule is Cc1oc(-c2ccco2)nc1COn1nnc2ccc(S(=O)(=O)N3CCOCC3)cc21. The Hall–Kier alpha value is -3.22. The zero-order chi connectivity index (χ0) is 21.4. The monoisotopic (exact) mass is 445 g/mol. The highest BCUT2D eigenvalue weighted by molar-refractivity contribution is 7.89. The van der Waals surface area contributed by atoms with Crippen molar-refractivity contribution in [2.75, 3.05) is 26.3 Å². The van der Waals surface area contributed by atoms with Crippen molar-refractivity contribution in [1.29, 1.82) is 0 Å². The van der Waals surface area contributed by atoms with E-state index in [0.717, 1.165) is 0 Å². The van der Waals surface area contributed by atoms with Gasteiger partial charge in [0.15, 0.2) is 12.4 Å². The van der Waals surface area contributed by atoms with E-state index in [9.17, 15) is 8.42 Å². The lowest BCUT2D eigenvalue weighted by atomic mass is 10.3. The Kier molecular flexibility index (Phi) is 4.96. The zero-order valence-corrected chi connectivity index (χ0v) is 17.4. The topological polar surface area (TPSA) is 126 Å². The molecule has 0 saturated carbocycles. The van der Waals surface area contributed by atoms with E-state index < -0.39 is 10.0 Å². The van der Waals surface area contributed by atoms with Crippen LogP contribution in [0, 0.1) is 6.92 Å². The molecule has 0 radical (unpaired) electrons. The minimum Gasteiger partial charge on any atom is -0.459 e. The molecule has 1 aromatic carbocycles. The molecule has 11 nitrogen and oxygen atoms in total. The molecule has 0 N–H and O–H groups in total. The van der Waals surface area contributed by atoms with Crippen molar-refractivity contribution >= 4 is 21.1 Å². The first-order valence-electron chi connectivity index (χ1n) is 9.59. The van der Waals surface area contributed by atoms with Crippen molar-refractivity contribution in [2.45, 2.75) is 18.4 Å². The Labute approximate surface area is 177 Å². The molecule has 4 heterocycles. The Morgan fingerprint density at radius 1 is 1.19 bits per heavy atom. The number of hydrogen-bond acceptors (Lipinski definition) is 9. The minimum absolute atomic E-state index is 0.0505. The van der Waals surface area contributed by atoms with E-state index in [2.05, 4.69) is 15.3 Å². The van der Waals surface area contributed by atoms with E-state index in [1.165, 1.54) is 27.5 Å². The van der Waals surface area contributed by atoms with Crippen molar-refractivity contribution < 1.29 is 26.8 Å². The predicted octanol–water partition coefficient (Wildman–Crippen LogP) is 1.64. The van der Waals surface area contributed by atoms with Gasteiger partial charge in [0.1, 0.15) is 22.5 Å².